The van der Waals surface area contributed by atoms with Gasteiger partial charge in [0.1, 0.15) is 6.54 Å². The zero-order chi connectivity index (χ0) is 18.8. The van der Waals surface area contributed by atoms with Crippen LogP contribution in [0.5, 0.6) is 0 Å². The molecule has 0 heterocycles. The quantitative estimate of drug-likeness (QED) is 0.515. The molecular weight excluding hydrogens is 375 g/mol. The van der Waals surface area contributed by atoms with E-state index in [1.807, 2.05) is 36.4 Å². The van der Waals surface area contributed by atoms with Gasteiger partial charge < -0.3 is 10.6 Å². The van der Waals surface area contributed by atoms with Crippen molar-refractivity contribution in [3.63, 3.8) is 0 Å². The fourth-order valence-corrected chi connectivity index (χ4v) is 2.12. The molecule has 6 nitrogen and oxygen atoms in total. The molecule has 2 rings (SSSR count). The predicted octanol–water partition coefficient (Wildman–Crippen LogP) is 3.93. The summed E-state index contributed by atoms with van der Waals surface area (Å²) >= 11 is 11.7. The molecule has 2 aromatic carbocycles. The number of benzene rings is 2. The molecule has 3 N–H and O–H groups in total. The largest absolute Gasteiger partial charge is 0.329 e. The number of hydrogen-bond acceptors (Lipinski definition) is 3. The number of urea groups is 1. The Balaban J connectivity index is 1.69. The Morgan fingerprint density at radius 2 is 1.81 bits per heavy atom. The van der Waals surface area contributed by atoms with Crippen molar-refractivity contribution in [3.05, 3.63) is 70.2 Å². The van der Waals surface area contributed by atoms with Crippen molar-refractivity contribution in [1.82, 2.24) is 10.7 Å². The van der Waals surface area contributed by atoms with Gasteiger partial charge in [-0.15, -0.1) is 0 Å². The summed E-state index contributed by atoms with van der Waals surface area (Å²) in [6, 6.07) is 13.8. The third-order valence-corrected chi connectivity index (χ3v) is 3.76. The van der Waals surface area contributed by atoms with Gasteiger partial charge in [-0.3, -0.25) is 4.79 Å². The van der Waals surface area contributed by atoms with E-state index in [4.69, 9.17) is 23.2 Å². The first kappa shape index (κ1) is 19.5. The van der Waals surface area contributed by atoms with Gasteiger partial charge in [0.2, 0.25) is 0 Å². The molecule has 0 radical (unpaired) electrons. The van der Waals surface area contributed by atoms with Crippen molar-refractivity contribution in [1.29, 1.82) is 0 Å². The van der Waals surface area contributed by atoms with Crippen LogP contribution in [0.4, 0.5) is 10.5 Å². The highest BCUT2D eigenvalue weighted by Gasteiger charge is 2.06. The smallest absolute Gasteiger partial charge is 0.319 e. The predicted molar refractivity (Wildman–Crippen MR) is 106 cm³/mol. The van der Waals surface area contributed by atoms with E-state index < -0.39 is 11.9 Å². The molecule has 0 saturated heterocycles. The molecule has 0 aliphatic heterocycles. The number of carbonyl (C=O) groups is 2. The summed E-state index contributed by atoms with van der Waals surface area (Å²) in [5, 5.41) is 9.40. The first-order valence-corrected chi connectivity index (χ1v) is 8.34. The van der Waals surface area contributed by atoms with Crippen LogP contribution in [0.25, 0.3) is 6.08 Å². The molecule has 8 heteroatoms. The normalized spacial score (nSPS) is 10.8. The number of allylic oxidation sites excluding steroid dienone is 1. The van der Waals surface area contributed by atoms with Crippen LogP contribution in [0.3, 0.4) is 0 Å². The Labute approximate surface area is 160 Å². The van der Waals surface area contributed by atoms with E-state index >= 15 is 0 Å². The van der Waals surface area contributed by atoms with Crippen LogP contribution in [0.1, 0.15) is 5.56 Å². The fourth-order valence-electron chi connectivity index (χ4n) is 1.82. The minimum atomic E-state index is -0.550. The average Bonchev–Trinajstić information content (AvgIpc) is 2.64. The lowest BCUT2D eigenvalue weighted by molar-refractivity contribution is -0.120. The van der Waals surface area contributed by atoms with Gasteiger partial charge in [0, 0.05) is 11.9 Å². The number of hydrazone groups is 1. The number of amides is 3. The monoisotopic (exact) mass is 390 g/mol. The van der Waals surface area contributed by atoms with Crippen molar-refractivity contribution in [2.75, 3.05) is 11.9 Å². The third kappa shape index (κ3) is 6.96. The number of nitrogens with zero attached hydrogens (tertiary/aromatic N) is 1. The lowest BCUT2D eigenvalue weighted by Gasteiger charge is -2.07. The summed E-state index contributed by atoms with van der Waals surface area (Å²) in [4.78, 5) is 23.3. The van der Waals surface area contributed by atoms with E-state index in [9.17, 15) is 9.59 Å². The topological polar surface area (TPSA) is 82.6 Å². The summed E-state index contributed by atoms with van der Waals surface area (Å²) in [6.07, 6.45) is 4.99. The van der Waals surface area contributed by atoms with Gasteiger partial charge in [-0.05, 0) is 29.8 Å². The molecule has 26 heavy (non-hydrogen) atoms. The van der Waals surface area contributed by atoms with Crippen LogP contribution in [0.15, 0.2) is 59.7 Å². The molecule has 3 amide bonds. The number of halogens is 2. The number of rotatable bonds is 6. The lowest BCUT2D eigenvalue weighted by atomic mass is 10.2. The Kier molecular flexibility index (Phi) is 7.67. The van der Waals surface area contributed by atoms with E-state index in [-0.39, 0.29) is 6.54 Å². The number of nitrogens with one attached hydrogen (secondary N) is 3. The second-order valence-corrected chi connectivity index (χ2v) is 5.83. The number of hydrogen-bond donors (Lipinski definition) is 3. The molecule has 0 spiro atoms. The van der Waals surface area contributed by atoms with Crippen LogP contribution in [-0.2, 0) is 4.79 Å². The molecule has 0 aliphatic rings. The highest BCUT2D eigenvalue weighted by molar-refractivity contribution is 6.42. The second-order valence-electron chi connectivity index (χ2n) is 5.02. The Morgan fingerprint density at radius 3 is 2.54 bits per heavy atom. The average molecular weight is 391 g/mol. The van der Waals surface area contributed by atoms with Crippen molar-refractivity contribution in [3.8, 4) is 0 Å². The van der Waals surface area contributed by atoms with Crippen molar-refractivity contribution < 1.29 is 9.59 Å². The van der Waals surface area contributed by atoms with Crippen molar-refractivity contribution in [2.45, 2.75) is 0 Å². The zero-order valence-electron chi connectivity index (χ0n) is 13.6. The Morgan fingerprint density at radius 1 is 1.04 bits per heavy atom. The molecular formula is C18H16Cl2N4O2. The summed E-state index contributed by atoms with van der Waals surface area (Å²) in [7, 11) is 0. The van der Waals surface area contributed by atoms with Gasteiger partial charge >= 0.3 is 6.03 Å². The summed E-state index contributed by atoms with van der Waals surface area (Å²) in [6.45, 7) is -0.229. The first-order chi connectivity index (χ1) is 12.5. The fraction of sp³-hybridized carbons (Fsp3) is 0.0556. The number of carbonyl (C=O) groups excluding carboxylic acids is 2. The molecule has 0 bridgehead atoms. The Bertz CT molecular complexity index is 823. The molecule has 0 atom stereocenters. The summed E-state index contributed by atoms with van der Waals surface area (Å²) < 4.78 is 0. The third-order valence-electron chi connectivity index (χ3n) is 3.03. The van der Waals surface area contributed by atoms with Crippen molar-refractivity contribution >= 4 is 53.1 Å². The molecule has 0 unspecified atom stereocenters. The highest BCUT2D eigenvalue weighted by atomic mass is 35.5. The van der Waals surface area contributed by atoms with Crippen LogP contribution in [0, 0.1) is 0 Å². The Hall–Kier alpha value is -2.83. The first-order valence-electron chi connectivity index (χ1n) is 7.58. The van der Waals surface area contributed by atoms with E-state index in [2.05, 4.69) is 21.2 Å². The van der Waals surface area contributed by atoms with Gasteiger partial charge in [-0.25, -0.2) is 10.2 Å². The molecule has 134 valence electrons. The maximum atomic E-state index is 11.7. The molecule has 0 aromatic heterocycles. The van der Waals surface area contributed by atoms with E-state index in [1.54, 1.807) is 18.2 Å². The minimum absolute atomic E-state index is 0.229. The van der Waals surface area contributed by atoms with Gasteiger partial charge in [0.05, 0.1) is 10.0 Å². The molecule has 0 fully saturated rings. The van der Waals surface area contributed by atoms with Crippen LogP contribution in [0.2, 0.25) is 10.0 Å². The van der Waals surface area contributed by atoms with E-state index in [0.717, 1.165) is 5.56 Å². The minimum Gasteiger partial charge on any atom is -0.329 e. The second kappa shape index (κ2) is 10.2. The summed E-state index contributed by atoms with van der Waals surface area (Å²) in [5.41, 5.74) is 3.78. The zero-order valence-corrected chi connectivity index (χ0v) is 15.1. The van der Waals surface area contributed by atoms with Gasteiger partial charge in [0.25, 0.3) is 5.91 Å². The standard InChI is InChI=1S/C18H16Cl2N4O2/c19-15-9-8-14(11-16(15)20)23-18(26)21-12-17(25)24-22-10-4-7-13-5-2-1-3-6-13/h1-11H,12H2,(H,24,25)(H2,21,23,26)/b7-4+,22-10-. The van der Waals surface area contributed by atoms with Crippen molar-refractivity contribution in [2.24, 2.45) is 5.10 Å². The maximum Gasteiger partial charge on any atom is 0.319 e. The number of anilines is 1. The molecule has 0 aliphatic carbocycles. The highest BCUT2D eigenvalue weighted by Crippen LogP contribution is 2.24. The van der Waals surface area contributed by atoms with E-state index in [0.29, 0.717) is 15.7 Å². The summed E-state index contributed by atoms with van der Waals surface area (Å²) in [5.74, 6) is -0.460. The van der Waals surface area contributed by atoms with E-state index in [1.165, 1.54) is 12.3 Å². The maximum absolute atomic E-state index is 11.7. The molecule has 0 saturated carbocycles. The van der Waals surface area contributed by atoms with Gasteiger partial charge in [-0.2, -0.15) is 5.10 Å². The lowest BCUT2D eigenvalue weighted by Crippen LogP contribution is -2.37. The van der Waals surface area contributed by atoms with Crippen LogP contribution in [-0.4, -0.2) is 24.7 Å². The van der Waals surface area contributed by atoms with Crippen LogP contribution < -0.4 is 16.1 Å². The van der Waals surface area contributed by atoms with Gasteiger partial charge in [0.15, 0.2) is 0 Å². The SMILES string of the molecule is O=C(CNC(=O)Nc1ccc(Cl)c(Cl)c1)N/N=C\C=C\c1ccccc1. The van der Waals surface area contributed by atoms with Gasteiger partial charge in [-0.1, -0.05) is 59.6 Å². The van der Waals surface area contributed by atoms with Crippen LogP contribution >= 0.6 is 23.2 Å². The molecule has 2 aromatic rings.